The summed E-state index contributed by atoms with van der Waals surface area (Å²) in [6.45, 7) is 8.41. The molecule has 0 saturated carbocycles. The molecule has 0 unspecified atom stereocenters. The van der Waals surface area contributed by atoms with Crippen LogP contribution < -0.4 is 0 Å². The summed E-state index contributed by atoms with van der Waals surface area (Å²) in [4.78, 5) is 34.4. The molecule has 1 N–H and O–H groups in total. The highest BCUT2D eigenvalue weighted by Gasteiger charge is 2.30. The summed E-state index contributed by atoms with van der Waals surface area (Å²) in [6, 6.07) is 0. The minimum atomic E-state index is -1.10. The SMILES string of the molecule is CC(C)(C)OC(=O)SC[C@H](CC(=O)C(C)(C)S)C(=O)O. The highest BCUT2D eigenvalue weighted by Crippen LogP contribution is 2.23. The number of hydrogen-bond acceptors (Lipinski definition) is 6. The quantitative estimate of drug-likeness (QED) is 0.578. The van der Waals surface area contributed by atoms with Crippen molar-refractivity contribution in [1.82, 2.24) is 0 Å². The van der Waals surface area contributed by atoms with Crippen molar-refractivity contribution < 1.29 is 24.2 Å². The van der Waals surface area contributed by atoms with Crippen molar-refractivity contribution in [3.63, 3.8) is 0 Å². The third kappa shape index (κ3) is 8.47. The van der Waals surface area contributed by atoms with E-state index in [-0.39, 0.29) is 18.0 Å². The highest BCUT2D eigenvalue weighted by molar-refractivity contribution is 8.13. The van der Waals surface area contributed by atoms with E-state index >= 15 is 0 Å². The fourth-order valence-corrected chi connectivity index (χ4v) is 2.14. The lowest BCUT2D eigenvalue weighted by molar-refractivity contribution is -0.143. The molecular formula is C13H22O5S2. The van der Waals surface area contributed by atoms with E-state index in [4.69, 9.17) is 9.84 Å². The Morgan fingerprint density at radius 1 is 1.20 bits per heavy atom. The molecule has 0 spiro atoms. The van der Waals surface area contributed by atoms with Crippen LogP contribution in [0.5, 0.6) is 0 Å². The van der Waals surface area contributed by atoms with Crippen molar-refractivity contribution in [2.24, 2.45) is 5.92 Å². The zero-order chi connectivity index (χ0) is 16.1. The summed E-state index contributed by atoms with van der Waals surface area (Å²) in [5, 5.41) is 8.55. The summed E-state index contributed by atoms with van der Waals surface area (Å²) in [5.74, 6) is -2.30. The van der Waals surface area contributed by atoms with Crippen LogP contribution in [0.15, 0.2) is 0 Å². The van der Waals surface area contributed by atoms with E-state index in [1.807, 2.05) is 0 Å². The van der Waals surface area contributed by atoms with E-state index in [9.17, 15) is 14.4 Å². The molecule has 0 aliphatic rings. The Labute approximate surface area is 129 Å². The summed E-state index contributed by atoms with van der Waals surface area (Å²) >= 11 is 4.89. The van der Waals surface area contributed by atoms with Gasteiger partial charge in [0.25, 0.3) is 0 Å². The molecule has 20 heavy (non-hydrogen) atoms. The van der Waals surface area contributed by atoms with Gasteiger partial charge in [-0.3, -0.25) is 9.59 Å². The lowest BCUT2D eigenvalue weighted by atomic mass is 9.97. The second kappa shape index (κ2) is 7.36. The third-order valence-electron chi connectivity index (χ3n) is 2.26. The fourth-order valence-electron chi connectivity index (χ4n) is 1.14. The van der Waals surface area contributed by atoms with Crippen LogP contribution in [-0.2, 0) is 14.3 Å². The molecule has 0 heterocycles. The van der Waals surface area contributed by atoms with Crippen LogP contribution in [0.1, 0.15) is 41.0 Å². The van der Waals surface area contributed by atoms with Gasteiger partial charge in [-0.1, -0.05) is 0 Å². The first-order chi connectivity index (χ1) is 8.83. The predicted molar refractivity (Wildman–Crippen MR) is 82.5 cm³/mol. The number of aliphatic carboxylic acids is 1. The molecule has 116 valence electrons. The zero-order valence-electron chi connectivity index (χ0n) is 12.4. The van der Waals surface area contributed by atoms with Crippen LogP contribution in [0.25, 0.3) is 0 Å². The van der Waals surface area contributed by atoms with E-state index in [2.05, 4.69) is 12.6 Å². The van der Waals surface area contributed by atoms with Gasteiger partial charge in [-0.15, -0.1) is 0 Å². The van der Waals surface area contributed by atoms with Gasteiger partial charge in [0, 0.05) is 12.2 Å². The van der Waals surface area contributed by atoms with E-state index < -0.39 is 27.5 Å². The van der Waals surface area contributed by atoms with Crippen LogP contribution in [0.3, 0.4) is 0 Å². The Balaban J connectivity index is 4.48. The molecule has 0 radical (unpaired) electrons. The number of thioether (sulfide) groups is 1. The lowest BCUT2D eigenvalue weighted by Crippen LogP contribution is -2.31. The van der Waals surface area contributed by atoms with Crippen molar-refractivity contribution in [2.45, 2.75) is 51.4 Å². The Kier molecular flexibility index (Phi) is 7.10. The first-order valence-electron chi connectivity index (χ1n) is 6.17. The Morgan fingerprint density at radius 2 is 1.70 bits per heavy atom. The molecule has 1 atom stereocenters. The second-order valence-electron chi connectivity index (χ2n) is 6.00. The predicted octanol–water partition coefficient (Wildman–Crippen LogP) is 3.02. The normalized spacial score (nSPS) is 13.7. The van der Waals surface area contributed by atoms with Crippen molar-refractivity contribution in [3.05, 3.63) is 0 Å². The first-order valence-corrected chi connectivity index (χ1v) is 7.60. The van der Waals surface area contributed by atoms with Gasteiger partial charge in [-0.25, -0.2) is 4.79 Å². The molecular weight excluding hydrogens is 300 g/mol. The minimum absolute atomic E-state index is 0.000154. The molecule has 0 fully saturated rings. The van der Waals surface area contributed by atoms with E-state index in [0.717, 1.165) is 11.8 Å². The number of carboxylic acid groups (broad SMARTS) is 1. The van der Waals surface area contributed by atoms with Gasteiger partial charge in [0.2, 0.25) is 0 Å². The van der Waals surface area contributed by atoms with Crippen LogP contribution in [0, 0.1) is 5.92 Å². The van der Waals surface area contributed by atoms with Gasteiger partial charge in [-0.2, -0.15) is 12.6 Å². The summed E-state index contributed by atoms with van der Waals surface area (Å²) in [5.41, 5.74) is -0.619. The van der Waals surface area contributed by atoms with Gasteiger partial charge in [0.15, 0.2) is 0 Å². The number of carbonyl (C=O) groups is 3. The maximum absolute atomic E-state index is 11.8. The number of hydrogen-bond donors (Lipinski definition) is 2. The van der Waals surface area contributed by atoms with Gasteiger partial charge >= 0.3 is 11.3 Å². The average Bonchev–Trinajstić information content (AvgIpc) is 2.19. The molecule has 0 amide bonds. The van der Waals surface area contributed by atoms with Gasteiger partial charge < -0.3 is 9.84 Å². The van der Waals surface area contributed by atoms with Crippen LogP contribution >= 0.6 is 24.4 Å². The van der Waals surface area contributed by atoms with Gasteiger partial charge in [0.1, 0.15) is 11.4 Å². The largest absolute Gasteiger partial charge is 0.481 e. The van der Waals surface area contributed by atoms with E-state index in [0.29, 0.717) is 0 Å². The Morgan fingerprint density at radius 3 is 2.05 bits per heavy atom. The molecule has 0 aromatic carbocycles. The highest BCUT2D eigenvalue weighted by atomic mass is 32.2. The molecule has 0 aliphatic carbocycles. The van der Waals surface area contributed by atoms with Crippen molar-refractivity contribution in [2.75, 3.05) is 5.75 Å². The first kappa shape index (κ1) is 19.3. The monoisotopic (exact) mass is 322 g/mol. The topological polar surface area (TPSA) is 80.7 Å². The lowest BCUT2D eigenvalue weighted by Gasteiger charge is -2.20. The van der Waals surface area contributed by atoms with Crippen LogP contribution in [-0.4, -0.2) is 38.3 Å². The van der Waals surface area contributed by atoms with E-state index in [1.54, 1.807) is 34.6 Å². The number of thiol groups is 1. The van der Waals surface area contributed by atoms with Gasteiger partial charge in [-0.05, 0) is 46.4 Å². The number of Topliss-reactive ketones (excluding diaryl/α,β-unsaturated/α-hetero) is 1. The molecule has 0 aliphatic heterocycles. The zero-order valence-corrected chi connectivity index (χ0v) is 14.1. The maximum atomic E-state index is 11.8. The molecule has 7 heteroatoms. The van der Waals surface area contributed by atoms with Crippen LogP contribution in [0.4, 0.5) is 4.79 Å². The number of carbonyl (C=O) groups excluding carboxylic acids is 2. The summed E-state index contributed by atoms with van der Waals surface area (Å²) in [7, 11) is 0. The van der Waals surface area contributed by atoms with Crippen molar-refractivity contribution in [1.29, 1.82) is 0 Å². The van der Waals surface area contributed by atoms with E-state index in [1.165, 1.54) is 0 Å². The average molecular weight is 322 g/mol. The van der Waals surface area contributed by atoms with Crippen molar-refractivity contribution >= 4 is 41.4 Å². The Hall–Kier alpha value is -0.690. The number of rotatable bonds is 6. The molecule has 0 bridgehead atoms. The summed E-state index contributed by atoms with van der Waals surface area (Å²) in [6.07, 6.45) is -0.151. The number of carboxylic acids is 1. The fraction of sp³-hybridized carbons (Fsp3) is 0.769. The number of ketones is 1. The molecule has 0 aromatic heterocycles. The molecule has 0 aromatic rings. The third-order valence-corrected chi connectivity index (χ3v) is 3.39. The van der Waals surface area contributed by atoms with Gasteiger partial charge in [0.05, 0.1) is 10.7 Å². The second-order valence-corrected chi connectivity index (χ2v) is 8.07. The van der Waals surface area contributed by atoms with Crippen molar-refractivity contribution in [3.8, 4) is 0 Å². The molecule has 5 nitrogen and oxygen atoms in total. The smallest absolute Gasteiger partial charge is 0.367 e. The molecule has 0 rings (SSSR count). The minimum Gasteiger partial charge on any atom is -0.481 e. The van der Waals surface area contributed by atoms with Crippen LogP contribution in [0.2, 0.25) is 0 Å². The standard InChI is InChI=1S/C13H22O5S2/c1-12(2,3)18-11(17)20-7-8(10(15)16)6-9(14)13(4,5)19/h8,19H,6-7H2,1-5H3,(H,15,16)/t8-/m0/s1. The maximum Gasteiger partial charge on any atom is 0.367 e. The molecule has 0 saturated heterocycles. The Bertz CT molecular complexity index is 379. The number of ether oxygens (including phenoxy) is 1. The summed E-state index contributed by atoms with van der Waals surface area (Å²) < 4.78 is 4.19.